The first-order valence-corrected chi connectivity index (χ1v) is 9.22. The predicted octanol–water partition coefficient (Wildman–Crippen LogP) is -0.368. The summed E-state index contributed by atoms with van der Waals surface area (Å²) in [7, 11) is -6.32. The number of nitrogens with two attached hydrogens (primary N) is 1. The number of carboxylic acid groups (broad SMARTS) is 1. The molecule has 0 saturated carbocycles. The highest BCUT2D eigenvalue weighted by Gasteiger charge is 2.27. The van der Waals surface area contributed by atoms with Crippen LogP contribution in [0.1, 0.15) is 10.4 Å². The second-order valence-electron chi connectivity index (χ2n) is 4.52. The van der Waals surface area contributed by atoms with E-state index in [0.29, 0.717) is 0 Å². The van der Waals surface area contributed by atoms with Crippen LogP contribution in [-0.2, 0) is 19.9 Å². The molecule has 21 heavy (non-hydrogen) atoms. The topological polar surface area (TPSA) is 135 Å². The molecule has 0 unspecified atom stereocenters. The molecular weight excluding hydrogens is 320 g/mol. The molecule has 0 spiro atoms. The Bertz CT molecular complexity index is 755. The average molecular weight is 336 g/mol. The van der Waals surface area contributed by atoms with Crippen molar-refractivity contribution in [2.45, 2.75) is 4.90 Å². The molecule has 0 saturated heterocycles. The highest BCUT2D eigenvalue weighted by atomic mass is 32.2. The van der Waals surface area contributed by atoms with Gasteiger partial charge in [-0.3, -0.25) is 0 Å². The van der Waals surface area contributed by atoms with E-state index in [4.69, 9.17) is 10.8 Å². The largest absolute Gasteiger partial charge is 0.478 e. The monoisotopic (exact) mass is 336 g/mol. The number of hydrogen-bond acceptors (Lipinski definition) is 6. The van der Waals surface area contributed by atoms with Gasteiger partial charge in [-0.05, 0) is 18.2 Å². The molecule has 3 N–H and O–H groups in total. The van der Waals surface area contributed by atoms with Gasteiger partial charge in [-0.2, -0.15) is 4.31 Å². The first-order valence-electron chi connectivity index (χ1n) is 5.72. The number of nitrogen functional groups attached to an aromatic ring is 1. The normalized spacial score (nSPS) is 12.5. The van der Waals surface area contributed by atoms with Gasteiger partial charge in [0.15, 0.2) is 0 Å². The van der Waals surface area contributed by atoms with Crippen LogP contribution in [0.3, 0.4) is 0 Å². The number of rotatable bonds is 6. The molecule has 0 fully saturated rings. The number of aromatic carboxylic acids is 1. The molecule has 0 bridgehead atoms. The molecule has 0 heterocycles. The predicted molar refractivity (Wildman–Crippen MR) is 77.3 cm³/mol. The highest BCUT2D eigenvalue weighted by Crippen LogP contribution is 2.22. The Morgan fingerprint density at radius 1 is 1.29 bits per heavy atom. The van der Waals surface area contributed by atoms with Crippen molar-refractivity contribution in [3.63, 3.8) is 0 Å². The van der Waals surface area contributed by atoms with Crippen molar-refractivity contribution in [1.82, 2.24) is 4.31 Å². The number of benzene rings is 1. The molecule has 0 radical (unpaired) electrons. The van der Waals surface area contributed by atoms with Crippen molar-refractivity contribution in [2.24, 2.45) is 0 Å². The summed E-state index contributed by atoms with van der Waals surface area (Å²) in [5.41, 5.74) is 5.17. The first-order chi connectivity index (χ1) is 9.45. The van der Waals surface area contributed by atoms with Crippen LogP contribution in [0.15, 0.2) is 23.1 Å². The molecule has 1 aromatic rings. The van der Waals surface area contributed by atoms with E-state index in [0.717, 1.165) is 22.7 Å². The third-order valence-corrected chi connectivity index (χ3v) is 5.52. The molecule has 8 nitrogen and oxygen atoms in total. The van der Waals surface area contributed by atoms with Gasteiger partial charge in [-0.1, -0.05) is 0 Å². The molecule has 1 aromatic carbocycles. The second-order valence-corrected chi connectivity index (χ2v) is 8.79. The fraction of sp³-hybridized carbons (Fsp3) is 0.364. The second kappa shape index (κ2) is 6.00. The van der Waals surface area contributed by atoms with Crippen molar-refractivity contribution >= 4 is 31.5 Å². The molecule has 0 amide bonds. The minimum absolute atomic E-state index is 0.0927. The zero-order chi connectivity index (χ0) is 16.4. The van der Waals surface area contributed by atoms with Crippen LogP contribution in [0.5, 0.6) is 0 Å². The number of sulfonamides is 1. The van der Waals surface area contributed by atoms with E-state index in [-0.39, 0.29) is 18.0 Å². The van der Waals surface area contributed by atoms with Crippen molar-refractivity contribution in [3.8, 4) is 0 Å². The lowest BCUT2D eigenvalue weighted by molar-refractivity contribution is 0.0692. The van der Waals surface area contributed by atoms with E-state index in [2.05, 4.69) is 0 Å². The van der Waals surface area contributed by atoms with Crippen LogP contribution in [0.4, 0.5) is 5.69 Å². The Morgan fingerprint density at radius 3 is 2.33 bits per heavy atom. The molecule has 0 aliphatic rings. The fourth-order valence-electron chi connectivity index (χ4n) is 1.51. The quantitative estimate of drug-likeness (QED) is 0.677. The summed E-state index contributed by atoms with van der Waals surface area (Å²) in [5, 5.41) is 9.04. The lowest BCUT2D eigenvalue weighted by Crippen LogP contribution is -2.32. The summed E-state index contributed by atoms with van der Waals surface area (Å²) >= 11 is 0. The maximum Gasteiger partial charge on any atom is 0.337 e. The highest BCUT2D eigenvalue weighted by molar-refractivity contribution is 7.91. The van der Waals surface area contributed by atoms with Crippen LogP contribution >= 0.6 is 0 Å². The minimum atomic E-state index is -4.15. The number of carbonyl (C=O) groups is 1. The molecule has 10 heteroatoms. The summed E-state index contributed by atoms with van der Waals surface area (Å²) in [6.45, 7) is -0.283. The molecule has 0 atom stereocenters. The van der Waals surface area contributed by atoms with Gasteiger partial charge in [0.2, 0.25) is 10.0 Å². The average Bonchev–Trinajstić information content (AvgIpc) is 2.34. The Labute approximate surface area is 123 Å². The summed E-state index contributed by atoms with van der Waals surface area (Å²) in [6, 6.07) is 3.41. The molecule has 118 valence electrons. The van der Waals surface area contributed by atoms with Crippen LogP contribution in [-0.4, -0.2) is 57.8 Å². The Morgan fingerprint density at radius 2 is 1.86 bits per heavy atom. The summed E-state index contributed by atoms with van der Waals surface area (Å²) < 4.78 is 47.7. The summed E-state index contributed by atoms with van der Waals surface area (Å²) in [4.78, 5) is 10.6. The van der Waals surface area contributed by atoms with Gasteiger partial charge in [0.25, 0.3) is 0 Å². The van der Waals surface area contributed by atoms with Crippen molar-refractivity contribution in [3.05, 3.63) is 23.8 Å². The van der Waals surface area contributed by atoms with E-state index >= 15 is 0 Å². The first kappa shape index (κ1) is 17.4. The number of nitrogens with zero attached hydrogens (tertiary/aromatic N) is 1. The van der Waals surface area contributed by atoms with Gasteiger partial charge >= 0.3 is 5.97 Å². The zero-order valence-electron chi connectivity index (χ0n) is 11.5. The lowest BCUT2D eigenvalue weighted by Gasteiger charge is -2.18. The van der Waals surface area contributed by atoms with Gasteiger partial charge in [0.1, 0.15) is 9.84 Å². The van der Waals surface area contributed by atoms with Crippen molar-refractivity contribution in [2.75, 3.05) is 31.3 Å². The maximum atomic E-state index is 12.3. The zero-order valence-corrected chi connectivity index (χ0v) is 13.1. The van der Waals surface area contributed by atoms with E-state index in [1.807, 2.05) is 0 Å². The Hall–Kier alpha value is -1.65. The van der Waals surface area contributed by atoms with E-state index < -0.39 is 36.3 Å². The standard InChI is InChI=1S/C11H16N2O6S2/c1-13(5-6-20(2,16)17)21(18,19)10-7-8(12)3-4-9(10)11(14)15/h3-4,7H,5-6,12H2,1-2H3,(H,14,15). The minimum Gasteiger partial charge on any atom is -0.478 e. The van der Waals surface area contributed by atoms with E-state index in [9.17, 15) is 21.6 Å². The molecule has 1 rings (SSSR count). The molecular formula is C11H16N2O6S2. The lowest BCUT2D eigenvalue weighted by atomic mass is 10.2. The van der Waals surface area contributed by atoms with Gasteiger partial charge in [-0.25, -0.2) is 21.6 Å². The SMILES string of the molecule is CN(CCS(C)(=O)=O)S(=O)(=O)c1cc(N)ccc1C(=O)O. The third kappa shape index (κ3) is 4.41. The molecule has 0 aliphatic heterocycles. The van der Waals surface area contributed by atoms with Gasteiger partial charge in [-0.15, -0.1) is 0 Å². The van der Waals surface area contributed by atoms with Crippen molar-refractivity contribution in [1.29, 1.82) is 0 Å². The number of carboxylic acids is 1. The Kier molecular flexibility index (Phi) is 4.97. The van der Waals surface area contributed by atoms with Gasteiger partial charge < -0.3 is 10.8 Å². The van der Waals surface area contributed by atoms with Gasteiger partial charge in [0, 0.05) is 25.5 Å². The van der Waals surface area contributed by atoms with E-state index in [1.165, 1.54) is 13.1 Å². The molecule has 0 aliphatic carbocycles. The smallest absolute Gasteiger partial charge is 0.337 e. The summed E-state index contributed by atoms with van der Waals surface area (Å²) in [5.74, 6) is -1.78. The van der Waals surface area contributed by atoms with Crippen LogP contribution in [0, 0.1) is 0 Å². The number of sulfone groups is 1. The number of hydrogen-bond donors (Lipinski definition) is 2. The maximum absolute atomic E-state index is 12.3. The fourth-order valence-corrected chi connectivity index (χ4v) is 3.62. The van der Waals surface area contributed by atoms with Gasteiger partial charge in [0.05, 0.1) is 16.2 Å². The van der Waals surface area contributed by atoms with Crippen LogP contribution in [0.2, 0.25) is 0 Å². The summed E-state index contributed by atoms with van der Waals surface area (Å²) in [6.07, 6.45) is 0.983. The third-order valence-electron chi connectivity index (χ3n) is 2.70. The number of anilines is 1. The molecule has 0 aromatic heterocycles. The van der Waals surface area contributed by atoms with Crippen molar-refractivity contribution < 1.29 is 26.7 Å². The van der Waals surface area contributed by atoms with Crippen LogP contribution < -0.4 is 5.73 Å². The van der Waals surface area contributed by atoms with Crippen LogP contribution in [0.25, 0.3) is 0 Å². The Balaban J connectivity index is 3.24. The van der Waals surface area contributed by atoms with E-state index in [1.54, 1.807) is 0 Å².